The Balaban J connectivity index is 1.88. The summed E-state index contributed by atoms with van der Waals surface area (Å²) in [7, 11) is 1.70. The van der Waals surface area contributed by atoms with E-state index in [1.54, 1.807) is 19.5 Å². The summed E-state index contributed by atoms with van der Waals surface area (Å²) in [5.74, 6) is 6.14. The van der Waals surface area contributed by atoms with E-state index in [0.717, 1.165) is 30.8 Å². The van der Waals surface area contributed by atoms with Crippen LogP contribution < -0.4 is 5.32 Å². The minimum Gasteiger partial charge on any atom is -0.383 e. The van der Waals surface area contributed by atoms with E-state index in [4.69, 9.17) is 4.74 Å². The fourth-order valence-electron chi connectivity index (χ4n) is 1.58. The number of aromatic nitrogens is 2. The van der Waals surface area contributed by atoms with Crippen LogP contribution >= 0.6 is 0 Å². The van der Waals surface area contributed by atoms with Crippen molar-refractivity contribution in [3.8, 4) is 11.8 Å². The Bertz CT molecular complexity index is 535. The Morgan fingerprint density at radius 3 is 2.68 bits per heavy atom. The number of methoxy groups -OCH3 is 1. The van der Waals surface area contributed by atoms with Crippen molar-refractivity contribution in [3.05, 3.63) is 53.3 Å². The number of nitrogens with one attached hydrogen (secondary N) is 2. The minimum absolute atomic E-state index is 0.730. The first kappa shape index (κ1) is 13.3. The molecule has 0 atom stereocenters. The van der Waals surface area contributed by atoms with Crippen LogP contribution in [0.2, 0.25) is 0 Å². The van der Waals surface area contributed by atoms with Crippen molar-refractivity contribution in [3.63, 3.8) is 0 Å². The Hall–Kier alpha value is -2.09. The lowest BCUT2D eigenvalue weighted by molar-refractivity contribution is 0.199. The van der Waals surface area contributed by atoms with Crippen LogP contribution in [0.5, 0.6) is 0 Å². The molecule has 2 rings (SSSR count). The van der Waals surface area contributed by atoms with Gasteiger partial charge in [0, 0.05) is 32.0 Å². The van der Waals surface area contributed by atoms with Gasteiger partial charge in [0.05, 0.1) is 18.4 Å². The molecule has 2 N–H and O–H groups in total. The molecule has 4 nitrogen and oxygen atoms in total. The summed E-state index contributed by atoms with van der Waals surface area (Å²) in [5, 5.41) is 9.89. The molecule has 1 aromatic carbocycles. The Kier molecular flexibility index (Phi) is 5.17. The van der Waals surface area contributed by atoms with Gasteiger partial charge in [-0.05, 0) is 17.7 Å². The van der Waals surface area contributed by atoms with Gasteiger partial charge >= 0.3 is 0 Å². The zero-order chi connectivity index (χ0) is 13.3. The molecule has 0 saturated heterocycles. The number of ether oxygens (including phenoxy) is 1. The largest absolute Gasteiger partial charge is 0.383 e. The standard InChI is InChI=1S/C15H17N3O/c1-19-9-8-16-10-14-5-2-13(3-6-14)4-7-15-11-17-18-12-15/h2-3,5-6,11-12,16H,8-10H2,1H3,(H,17,18). The van der Waals surface area contributed by atoms with E-state index >= 15 is 0 Å². The van der Waals surface area contributed by atoms with Gasteiger partial charge in [-0.1, -0.05) is 24.0 Å². The van der Waals surface area contributed by atoms with Crippen LogP contribution in [0.1, 0.15) is 16.7 Å². The van der Waals surface area contributed by atoms with Gasteiger partial charge in [0.1, 0.15) is 0 Å². The van der Waals surface area contributed by atoms with E-state index < -0.39 is 0 Å². The minimum atomic E-state index is 0.730. The molecule has 0 aliphatic heterocycles. The first-order chi connectivity index (χ1) is 9.38. The van der Waals surface area contributed by atoms with Crippen molar-refractivity contribution >= 4 is 0 Å². The molecular weight excluding hydrogens is 238 g/mol. The van der Waals surface area contributed by atoms with Crippen LogP contribution in [0.3, 0.4) is 0 Å². The van der Waals surface area contributed by atoms with Gasteiger partial charge in [0.25, 0.3) is 0 Å². The van der Waals surface area contributed by atoms with E-state index in [-0.39, 0.29) is 0 Å². The summed E-state index contributed by atoms with van der Waals surface area (Å²) in [5.41, 5.74) is 3.14. The van der Waals surface area contributed by atoms with Crippen molar-refractivity contribution < 1.29 is 4.74 Å². The third-order valence-corrected chi connectivity index (χ3v) is 2.62. The van der Waals surface area contributed by atoms with Gasteiger partial charge in [-0.3, -0.25) is 5.10 Å². The molecule has 1 aromatic heterocycles. The molecule has 0 saturated carbocycles. The molecule has 0 amide bonds. The molecule has 19 heavy (non-hydrogen) atoms. The van der Waals surface area contributed by atoms with Crippen molar-refractivity contribution in [1.82, 2.24) is 15.5 Å². The smallest absolute Gasteiger partial charge is 0.0644 e. The van der Waals surface area contributed by atoms with Gasteiger partial charge in [-0.15, -0.1) is 0 Å². The van der Waals surface area contributed by atoms with Crippen molar-refractivity contribution in [2.24, 2.45) is 0 Å². The van der Waals surface area contributed by atoms with Crippen LogP contribution in [-0.2, 0) is 11.3 Å². The predicted octanol–water partition coefficient (Wildman–Crippen LogP) is 1.55. The molecule has 0 spiro atoms. The second kappa shape index (κ2) is 7.37. The highest BCUT2D eigenvalue weighted by atomic mass is 16.5. The summed E-state index contributed by atoms with van der Waals surface area (Å²) in [4.78, 5) is 0. The number of benzene rings is 1. The fourth-order valence-corrected chi connectivity index (χ4v) is 1.58. The third-order valence-electron chi connectivity index (χ3n) is 2.62. The highest BCUT2D eigenvalue weighted by Gasteiger charge is 1.93. The third kappa shape index (κ3) is 4.59. The van der Waals surface area contributed by atoms with Gasteiger partial charge < -0.3 is 10.1 Å². The van der Waals surface area contributed by atoms with E-state index in [0.29, 0.717) is 0 Å². The van der Waals surface area contributed by atoms with Gasteiger partial charge in [0.2, 0.25) is 0 Å². The van der Waals surface area contributed by atoms with Crippen LogP contribution in [-0.4, -0.2) is 30.5 Å². The Morgan fingerprint density at radius 1 is 1.21 bits per heavy atom. The zero-order valence-corrected chi connectivity index (χ0v) is 10.9. The highest BCUT2D eigenvalue weighted by Crippen LogP contribution is 2.03. The second-order valence-electron chi connectivity index (χ2n) is 4.10. The maximum atomic E-state index is 4.98. The van der Waals surface area contributed by atoms with Gasteiger partial charge in [-0.2, -0.15) is 5.10 Å². The van der Waals surface area contributed by atoms with Crippen LogP contribution in [0.25, 0.3) is 0 Å². The van der Waals surface area contributed by atoms with Crippen molar-refractivity contribution in [2.45, 2.75) is 6.54 Å². The molecule has 0 aliphatic rings. The summed E-state index contributed by atoms with van der Waals surface area (Å²) >= 11 is 0. The predicted molar refractivity (Wildman–Crippen MR) is 74.6 cm³/mol. The molecule has 4 heteroatoms. The van der Waals surface area contributed by atoms with Crippen molar-refractivity contribution in [1.29, 1.82) is 0 Å². The molecular formula is C15H17N3O. The van der Waals surface area contributed by atoms with Crippen LogP contribution in [0.4, 0.5) is 0 Å². The van der Waals surface area contributed by atoms with E-state index in [2.05, 4.69) is 39.5 Å². The number of hydrogen-bond donors (Lipinski definition) is 2. The van der Waals surface area contributed by atoms with E-state index in [1.807, 2.05) is 12.1 Å². The first-order valence-corrected chi connectivity index (χ1v) is 6.18. The average Bonchev–Trinajstić information content (AvgIpc) is 2.96. The van der Waals surface area contributed by atoms with Crippen molar-refractivity contribution in [2.75, 3.05) is 20.3 Å². The second-order valence-corrected chi connectivity index (χ2v) is 4.10. The lowest BCUT2D eigenvalue weighted by Crippen LogP contribution is -2.18. The summed E-state index contributed by atoms with van der Waals surface area (Å²) in [6.07, 6.45) is 3.49. The molecule has 0 aliphatic carbocycles. The fraction of sp³-hybridized carbons (Fsp3) is 0.267. The average molecular weight is 255 g/mol. The molecule has 0 bridgehead atoms. The SMILES string of the molecule is COCCNCc1ccc(C#Cc2cn[nH]c2)cc1. The number of nitrogens with zero attached hydrogens (tertiary/aromatic N) is 1. The summed E-state index contributed by atoms with van der Waals surface area (Å²) in [6.45, 7) is 2.44. The van der Waals surface area contributed by atoms with Crippen LogP contribution in [0.15, 0.2) is 36.7 Å². The maximum absolute atomic E-state index is 4.98. The topological polar surface area (TPSA) is 49.9 Å². The van der Waals surface area contributed by atoms with Gasteiger partial charge in [-0.25, -0.2) is 0 Å². The molecule has 0 unspecified atom stereocenters. The number of aromatic amines is 1. The molecule has 0 radical (unpaired) electrons. The maximum Gasteiger partial charge on any atom is 0.0644 e. The lowest BCUT2D eigenvalue weighted by Gasteiger charge is -2.03. The lowest BCUT2D eigenvalue weighted by atomic mass is 10.1. The molecule has 0 fully saturated rings. The van der Waals surface area contributed by atoms with Gasteiger partial charge in [0.15, 0.2) is 0 Å². The Morgan fingerprint density at radius 2 is 2.00 bits per heavy atom. The number of H-pyrrole nitrogens is 1. The highest BCUT2D eigenvalue weighted by molar-refractivity contribution is 5.41. The molecule has 1 heterocycles. The van der Waals surface area contributed by atoms with E-state index in [1.165, 1.54) is 5.56 Å². The number of hydrogen-bond acceptors (Lipinski definition) is 3. The molecule has 98 valence electrons. The first-order valence-electron chi connectivity index (χ1n) is 6.18. The zero-order valence-electron chi connectivity index (χ0n) is 10.9. The van der Waals surface area contributed by atoms with Crippen LogP contribution in [0, 0.1) is 11.8 Å². The summed E-state index contributed by atoms with van der Waals surface area (Å²) < 4.78 is 4.98. The quantitative estimate of drug-likeness (QED) is 0.629. The summed E-state index contributed by atoms with van der Waals surface area (Å²) in [6, 6.07) is 8.22. The molecule has 2 aromatic rings. The number of rotatable bonds is 5. The normalized spacial score (nSPS) is 9.95. The Labute approximate surface area is 113 Å². The monoisotopic (exact) mass is 255 g/mol. The van der Waals surface area contributed by atoms with E-state index in [9.17, 15) is 0 Å².